The van der Waals surface area contributed by atoms with Gasteiger partial charge in [0.1, 0.15) is 0 Å². The van der Waals surface area contributed by atoms with E-state index in [-0.39, 0.29) is 24.5 Å². The van der Waals surface area contributed by atoms with Gasteiger partial charge in [0.25, 0.3) is 0 Å². The molecule has 0 atom stereocenters. The summed E-state index contributed by atoms with van der Waals surface area (Å²) in [6.07, 6.45) is -8.85. The molecule has 2 aromatic rings. The Labute approximate surface area is 134 Å². The topological polar surface area (TPSA) is 24.1 Å². The van der Waals surface area contributed by atoms with Gasteiger partial charge in [-0.15, -0.1) is 0 Å². The molecular formula is C16H14F6N2. The fourth-order valence-corrected chi connectivity index (χ4v) is 2.02. The van der Waals surface area contributed by atoms with Crippen LogP contribution in [0.15, 0.2) is 48.5 Å². The molecule has 2 aromatic carbocycles. The molecule has 0 saturated heterocycles. The van der Waals surface area contributed by atoms with Crippen LogP contribution in [0.5, 0.6) is 0 Å². The van der Waals surface area contributed by atoms with Crippen LogP contribution < -0.4 is 10.6 Å². The Kier molecular flexibility index (Phi) is 5.26. The van der Waals surface area contributed by atoms with Gasteiger partial charge in [0.2, 0.25) is 0 Å². The lowest BCUT2D eigenvalue weighted by Gasteiger charge is -2.12. The maximum atomic E-state index is 12.6. The van der Waals surface area contributed by atoms with Crippen LogP contribution in [0.2, 0.25) is 0 Å². The van der Waals surface area contributed by atoms with Crippen molar-refractivity contribution in [1.82, 2.24) is 0 Å². The van der Waals surface area contributed by atoms with Gasteiger partial charge in [-0.05, 0) is 36.4 Å². The van der Waals surface area contributed by atoms with Crippen molar-refractivity contribution >= 4 is 11.4 Å². The molecule has 8 heteroatoms. The Balaban J connectivity index is 1.88. The number of hydrogen-bond acceptors (Lipinski definition) is 2. The molecule has 2 rings (SSSR count). The molecule has 130 valence electrons. The van der Waals surface area contributed by atoms with Gasteiger partial charge < -0.3 is 10.6 Å². The number of hydrogen-bond donors (Lipinski definition) is 2. The number of nitrogens with one attached hydrogen (secondary N) is 2. The molecule has 24 heavy (non-hydrogen) atoms. The van der Waals surface area contributed by atoms with Gasteiger partial charge >= 0.3 is 12.4 Å². The van der Waals surface area contributed by atoms with Gasteiger partial charge in [-0.2, -0.15) is 26.3 Å². The number of benzene rings is 2. The monoisotopic (exact) mass is 348 g/mol. The molecule has 0 spiro atoms. The average molecular weight is 348 g/mol. The minimum atomic E-state index is -4.42. The van der Waals surface area contributed by atoms with Crippen molar-refractivity contribution in [1.29, 1.82) is 0 Å². The molecule has 0 radical (unpaired) electrons. The van der Waals surface area contributed by atoms with E-state index in [1.165, 1.54) is 24.3 Å². The Morgan fingerprint density at radius 1 is 0.625 bits per heavy atom. The molecule has 0 saturated carbocycles. The molecule has 0 aliphatic rings. The highest BCUT2D eigenvalue weighted by molar-refractivity contribution is 5.48. The molecule has 2 nitrogen and oxygen atoms in total. The second kappa shape index (κ2) is 7.02. The van der Waals surface area contributed by atoms with Gasteiger partial charge in [0.15, 0.2) is 0 Å². The van der Waals surface area contributed by atoms with E-state index < -0.39 is 23.5 Å². The van der Waals surface area contributed by atoms with Crippen LogP contribution in [-0.2, 0) is 12.4 Å². The van der Waals surface area contributed by atoms with Crippen LogP contribution in [0.4, 0.5) is 37.7 Å². The standard InChI is InChI=1S/C16H14F6N2/c17-15(18,19)11-3-1-5-13(9-11)23-7-8-24-14-6-2-4-12(10-14)16(20,21)22/h1-6,9-10,23-24H,7-8H2. The summed E-state index contributed by atoms with van der Waals surface area (Å²) >= 11 is 0. The van der Waals surface area contributed by atoms with Crippen molar-refractivity contribution < 1.29 is 26.3 Å². The molecule has 0 fully saturated rings. The Morgan fingerprint density at radius 2 is 1.00 bits per heavy atom. The first-order chi connectivity index (χ1) is 11.2. The lowest BCUT2D eigenvalue weighted by Crippen LogP contribution is -2.15. The van der Waals surface area contributed by atoms with Crippen LogP contribution in [0.1, 0.15) is 11.1 Å². The maximum absolute atomic E-state index is 12.6. The van der Waals surface area contributed by atoms with Crippen molar-refractivity contribution in [2.45, 2.75) is 12.4 Å². The van der Waals surface area contributed by atoms with Crippen LogP contribution in [0.3, 0.4) is 0 Å². The molecule has 0 heterocycles. The number of alkyl halides is 6. The molecule has 0 bridgehead atoms. The second-order valence-electron chi connectivity index (χ2n) is 5.01. The minimum Gasteiger partial charge on any atom is -0.383 e. The summed E-state index contributed by atoms with van der Waals surface area (Å²) in [5.41, 5.74) is -0.956. The van der Waals surface area contributed by atoms with Crippen LogP contribution in [0.25, 0.3) is 0 Å². The van der Waals surface area contributed by atoms with Gasteiger partial charge in [-0.1, -0.05) is 12.1 Å². The quantitative estimate of drug-likeness (QED) is 0.570. The first-order valence-corrected chi connectivity index (χ1v) is 6.98. The van der Waals surface area contributed by atoms with E-state index in [0.717, 1.165) is 24.3 Å². The third kappa shape index (κ3) is 5.07. The van der Waals surface area contributed by atoms with Gasteiger partial charge in [0, 0.05) is 24.5 Å². The van der Waals surface area contributed by atoms with Crippen molar-refractivity contribution in [3.05, 3.63) is 59.7 Å². The van der Waals surface area contributed by atoms with E-state index in [1.54, 1.807) is 0 Å². The van der Waals surface area contributed by atoms with E-state index in [9.17, 15) is 26.3 Å². The van der Waals surface area contributed by atoms with Crippen molar-refractivity contribution in [2.75, 3.05) is 23.7 Å². The molecule has 0 aromatic heterocycles. The number of halogens is 6. The fraction of sp³-hybridized carbons (Fsp3) is 0.250. The number of rotatable bonds is 5. The Bertz CT molecular complexity index is 619. The van der Waals surface area contributed by atoms with E-state index in [0.29, 0.717) is 0 Å². The Morgan fingerprint density at radius 3 is 1.33 bits per heavy atom. The summed E-state index contributed by atoms with van der Waals surface area (Å²) in [5, 5.41) is 5.58. The Hall–Kier alpha value is -2.38. The smallest absolute Gasteiger partial charge is 0.383 e. The predicted molar refractivity (Wildman–Crippen MR) is 79.9 cm³/mol. The first kappa shape index (κ1) is 18.0. The van der Waals surface area contributed by atoms with E-state index in [2.05, 4.69) is 10.6 Å². The zero-order chi connectivity index (χ0) is 17.8. The molecule has 0 amide bonds. The third-order valence-electron chi connectivity index (χ3n) is 3.16. The molecule has 0 aliphatic carbocycles. The third-order valence-corrected chi connectivity index (χ3v) is 3.16. The molecule has 0 aliphatic heterocycles. The van der Waals surface area contributed by atoms with Crippen LogP contribution in [-0.4, -0.2) is 13.1 Å². The zero-order valence-electron chi connectivity index (χ0n) is 12.3. The van der Waals surface area contributed by atoms with E-state index >= 15 is 0 Å². The van der Waals surface area contributed by atoms with Crippen molar-refractivity contribution in [3.63, 3.8) is 0 Å². The first-order valence-electron chi connectivity index (χ1n) is 6.98. The summed E-state index contributed by atoms with van der Waals surface area (Å²) < 4.78 is 75.5. The van der Waals surface area contributed by atoms with Crippen LogP contribution in [0, 0.1) is 0 Å². The largest absolute Gasteiger partial charge is 0.416 e. The van der Waals surface area contributed by atoms with E-state index in [4.69, 9.17) is 0 Å². The summed E-state index contributed by atoms with van der Waals surface area (Å²) in [6, 6.07) is 9.42. The number of anilines is 2. The lowest BCUT2D eigenvalue weighted by atomic mass is 10.2. The molecular weight excluding hydrogens is 334 g/mol. The summed E-state index contributed by atoms with van der Waals surface area (Å²) in [4.78, 5) is 0. The maximum Gasteiger partial charge on any atom is 0.416 e. The van der Waals surface area contributed by atoms with Crippen LogP contribution >= 0.6 is 0 Å². The van der Waals surface area contributed by atoms with Gasteiger partial charge in [-0.3, -0.25) is 0 Å². The highest BCUT2D eigenvalue weighted by atomic mass is 19.4. The fourth-order valence-electron chi connectivity index (χ4n) is 2.02. The highest BCUT2D eigenvalue weighted by Gasteiger charge is 2.31. The van der Waals surface area contributed by atoms with Crippen molar-refractivity contribution in [3.8, 4) is 0 Å². The molecule has 0 unspecified atom stereocenters. The lowest BCUT2D eigenvalue weighted by molar-refractivity contribution is -0.138. The van der Waals surface area contributed by atoms with Crippen molar-refractivity contribution in [2.24, 2.45) is 0 Å². The normalized spacial score (nSPS) is 12.1. The van der Waals surface area contributed by atoms with Gasteiger partial charge in [0.05, 0.1) is 11.1 Å². The zero-order valence-corrected chi connectivity index (χ0v) is 12.3. The SMILES string of the molecule is FC(F)(F)c1cccc(NCCNc2cccc(C(F)(F)F)c2)c1. The van der Waals surface area contributed by atoms with E-state index in [1.807, 2.05) is 0 Å². The molecule has 2 N–H and O–H groups in total. The summed E-state index contributed by atoms with van der Waals surface area (Å²) in [5.74, 6) is 0. The highest BCUT2D eigenvalue weighted by Crippen LogP contribution is 2.31. The summed E-state index contributed by atoms with van der Waals surface area (Å²) in [7, 11) is 0. The second-order valence-corrected chi connectivity index (χ2v) is 5.01. The average Bonchev–Trinajstić information content (AvgIpc) is 2.51. The minimum absolute atomic E-state index is 0.248. The predicted octanol–water partition coefficient (Wildman–Crippen LogP) is 5.25. The summed E-state index contributed by atoms with van der Waals surface area (Å²) in [6.45, 7) is 0.495. The van der Waals surface area contributed by atoms with Gasteiger partial charge in [-0.25, -0.2) is 0 Å².